The van der Waals surface area contributed by atoms with Gasteiger partial charge in [0.25, 0.3) is 0 Å². The Kier molecular flexibility index (Phi) is 7.28. The first kappa shape index (κ1) is 20.5. The highest BCUT2D eigenvalue weighted by atomic mass is 16.5. The predicted octanol–water partition coefficient (Wildman–Crippen LogP) is 5.07. The third kappa shape index (κ3) is 6.11. The van der Waals surface area contributed by atoms with Crippen molar-refractivity contribution in [3.63, 3.8) is 0 Å². The number of hydrogen-bond donors (Lipinski definition) is 1. The van der Waals surface area contributed by atoms with Crippen molar-refractivity contribution in [3.8, 4) is 11.5 Å². The Morgan fingerprint density at radius 1 is 0.862 bits per heavy atom. The number of hydrogen-bond acceptors (Lipinski definition) is 3. The van der Waals surface area contributed by atoms with Gasteiger partial charge in [0.15, 0.2) is 0 Å². The van der Waals surface area contributed by atoms with Crippen molar-refractivity contribution in [3.05, 3.63) is 95.6 Å². The van der Waals surface area contributed by atoms with Gasteiger partial charge in [-0.1, -0.05) is 60.2 Å². The molecule has 0 saturated carbocycles. The number of benzene rings is 3. The summed E-state index contributed by atoms with van der Waals surface area (Å²) in [6.45, 7) is 2.54. The molecule has 0 bridgehead atoms. The lowest BCUT2D eigenvalue weighted by atomic mass is 9.97. The fourth-order valence-electron chi connectivity index (χ4n) is 3.09. The van der Waals surface area contributed by atoms with Crippen molar-refractivity contribution in [1.82, 2.24) is 5.32 Å². The third-order valence-electron chi connectivity index (χ3n) is 4.73. The number of amides is 1. The summed E-state index contributed by atoms with van der Waals surface area (Å²) in [6, 6.07) is 25.6. The van der Waals surface area contributed by atoms with Gasteiger partial charge in [-0.05, 0) is 48.7 Å². The van der Waals surface area contributed by atoms with Crippen LogP contribution in [0, 0.1) is 6.92 Å². The SMILES string of the molecule is COc1ccc(OCCCC(=O)N[C@H](c2ccccc2)c2ccc(C)cc2)cc1. The van der Waals surface area contributed by atoms with Crippen LogP contribution in [-0.4, -0.2) is 19.6 Å². The Morgan fingerprint density at radius 2 is 1.48 bits per heavy atom. The van der Waals surface area contributed by atoms with Crippen LogP contribution in [0.1, 0.15) is 35.6 Å². The maximum Gasteiger partial charge on any atom is 0.220 e. The minimum Gasteiger partial charge on any atom is -0.497 e. The lowest BCUT2D eigenvalue weighted by molar-refractivity contribution is -0.121. The van der Waals surface area contributed by atoms with Gasteiger partial charge in [0.2, 0.25) is 5.91 Å². The van der Waals surface area contributed by atoms with E-state index in [1.807, 2.05) is 54.6 Å². The highest BCUT2D eigenvalue weighted by Gasteiger charge is 2.16. The van der Waals surface area contributed by atoms with E-state index in [0.717, 1.165) is 22.6 Å². The average Bonchev–Trinajstić information content (AvgIpc) is 2.77. The number of aryl methyl sites for hydroxylation is 1. The molecule has 0 fully saturated rings. The third-order valence-corrected chi connectivity index (χ3v) is 4.73. The lowest BCUT2D eigenvalue weighted by Gasteiger charge is -2.20. The molecule has 3 aromatic rings. The van der Waals surface area contributed by atoms with E-state index < -0.39 is 0 Å². The van der Waals surface area contributed by atoms with E-state index in [1.54, 1.807) is 7.11 Å². The van der Waals surface area contributed by atoms with Gasteiger partial charge in [0.05, 0.1) is 19.8 Å². The zero-order valence-electron chi connectivity index (χ0n) is 16.9. The molecule has 0 aliphatic carbocycles. The monoisotopic (exact) mass is 389 g/mol. The summed E-state index contributed by atoms with van der Waals surface area (Å²) in [7, 11) is 1.63. The van der Waals surface area contributed by atoms with Gasteiger partial charge in [-0.15, -0.1) is 0 Å². The van der Waals surface area contributed by atoms with Crippen molar-refractivity contribution in [2.45, 2.75) is 25.8 Å². The molecule has 3 rings (SSSR count). The van der Waals surface area contributed by atoms with Crippen molar-refractivity contribution in [1.29, 1.82) is 0 Å². The highest BCUT2D eigenvalue weighted by molar-refractivity contribution is 5.77. The van der Waals surface area contributed by atoms with Gasteiger partial charge in [-0.2, -0.15) is 0 Å². The van der Waals surface area contributed by atoms with Gasteiger partial charge < -0.3 is 14.8 Å². The Hall–Kier alpha value is -3.27. The lowest BCUT2D eigenvalue weighted by Crippen LogP contribution is -2.29. The van der Waals surface area contributed by atoms with Crippen LogP contribution >= 0.6 is 0 Å². The van der Waals surface area contributed by atoms with Crippen LogP contribution in [0.5, 0.6) is 11.5 Å². The zero-order chi connectivity index (χ0) is 20.5. The number of rotatable bonds is 9. The summed E-state index contributed by atoms with van der Waals surface area (Å²) in [5.41, 5.74) is 3.34. The molecule has 0 saturated heterocycles. The molecule has 29 heavy (non-hydrogen) atoms. The minimum atomic E-state index is -0.160. The summed E-state index contributed by atoms with van der Waals surface area (Å²) in [5.74, 6) is 1.57. The Morgan fingerprint density at radius 3 is 2.14 bits per heavy atom. The topological polar surface area (TPSA) is 47.6 Å². The largest absolute Gasteiger partial charge is 0.497 e. The van der Waals surface area contributed by atoms with Crippen LogP contribution in [0.4, 0.5) is 0 Å². The second-order valence-corrected chi connectivity index (χ2v) is 6.95. The maximum atomic E-state index is 12.6. The molecule has 0 aliphatic heterocycles. The maximum absolute atomic E-state index is 12.6. The van der Waals surface area contributed by atoms with E-state index in [-0.39, 0.29) is 11.9 Å². The van der Waals surface area contributed by atoms with Crippen molar-refractivity contribution in [2.75, 3.05) is 13.7 Å². The molecular formula is C25H27NO3. The van der Waals surface area contributed by atoms with Gasteiger partial charge in [0, 0.05) is 6.42 Å². The molecule has 4 heteroatoms. The van der Waals surface area contributed by atoms with E-state index in [9.17, 15) is 4.79 Å². The molecule has 1 atom stereocenters. The van der Waals surface area contributed by atoms with Gasteiger partial charge >= 0.3 is 0 Å². The van der Waals surface area contributed by atoms with Crippen molar-refractivity contribution < 1.29 is 14.3 Å². The van der Waals surface area contributed by atoms with E-state index >= 15 is 0 Å². The summed E-state index contributed by atoms with van der Waals surface area (Å²) in [6.07, 6.45) is 1.05. The predicted molar refractivity (Wildman–Crippen MR) is 115 cm³/mol. The molecule has 4 nitrogen and oxygen atoms in total. The van der Waals surface area contributed by atoms with Crippen LogP contribution < -0.4 is 14.8 Å². The van der Waals surface area contributed by atoms with Gasteiger partial charge in [-0.3, -0.25) is 4.79 Å². The highest BCUT2D eigenvalue weighted by Crippen LogP contribution is 2.23. The molecule has 0 unspecified atom stereocenters. The molecule has 0 spiro atoms. The van der Waals surface area contributed by atoms with Crippen LogP contribution in [0.3, 0.4) is 0 Å². The first-order valence-electron chi connectivity index (χ1n) is 9.83. The standard InChI is InChI=1S/C25H27NO3/c1-19-10-12-21(13-11-19)25(20-7-4-3-5-8-20)26-24(27)9-6-18-29-23-16-14-22(28-2)15-17-23/h3-5,7-8,10-17,25H,6,9,18H2,1-2H3,(H,26,27)/t25-/m1/s1. The van der Waals surface area contributed by atoms with Gasteiger partial charge in [0.1, 0.15) is 11.5 Å². The Bertz CT molecular complexity index is 890. The van der Waals surface area contributed by atoms with Crippen LogP contribution in [0.2, 0.25) is 0 Å². The van der Waals surface area contributed by atoms with Crippen molar-refractivity contribution >= 4 is 5.91 Å². The number of carbonyl (C=O) groups is 1. The second-order valence-electron chi connectivity index (χ2n) is 6.95. The summed E-state index contributed by atoms with van der Waals surface area (Å²) in [5, 5.41) is 3.17. The molecule has 0 heterocycles. The summed E-state index contributed by atoms with van der Waals surface area (Å²) < 4.78 is 10.8. The molecular weight excluding hydrogens is 362 g/mol. The van der Waals surface area contributed by atoms with Crippen LogP contribution in [0.25, 0.3) is 0 Å². The van der Waals surface area contributed by atoms with Crippen molar-refractivity contribution in [2.24, 2.45) is 0 Å². The normalized spacial score (nSPS) is 11.5. The smallest absolute Gasteiger partial charge is 0.220 e. The molecule has 0 aliphatic rings. The Balaban J connectivity index is 1.54. The first-order chi connectivity index (χ1) is 14.2. The molecule has 0 radical (unpaired) electrons. The quantitative estimate of drug-likeness (QED) is 0.520. The molecule has 3 aromatic carbocycles. The fraction of sp³-hybridized carbons (Fsp3) is 0.240. The Labute approximate surface area is 172 Å². The van der Waals surface area contributed by atoms with Gasteiger partial charge in [-0.25, -0.2) is 0 Å². The molecule has 150 valence electrons. The van der Waals surface area contributed by atoms with Crippen LogP contribution in [-0.2, 0) is 4.79 Å². The molecule has 0 aromatic heterocycles. The fourth-order valence-corrected chi connectivity index (χ4v) is 3.09. The average molecular weight is 389 g/mol. The second kappa shape index (κ2) is 10.3. The summed E-state index contributed by atoms with van der Waals surface area (Å²) >= 11 is 0. The molecule has 1 amide bonds. The number of nitrogens with one attached hydrogen (secondary N) is 1. The number of ether oxygens (including phenoxy) is 2. The van der Waals surface area contributed by atoms with E-state index in [2.05, 4.69) is 36.5 Å². The van der Waals surface area contributed by atoms with Crippen LogP contribution in [0.15, 0.2) is 78.9 Å². The zero-order valence-corrected chi connectivity index (χ0v) is 16.9. The summed E-state index contributed by atoms with van der Waals surface area (Å²) in [4.78, 5) is 12.6. The first-order valence-corrected chi connectivity index (χ1v) is 9.83. The number of carbonyl (C=O) groups excluding carboxylic acids is 1. The van der Waals surface area contributed by atoms with E-state index in [4.69, 9.17) is 9.47 Å². The van der Waals surface area contributed by atoms with E-state index in [1.165, 1.54) is 5.56 Å². The van der Waals surface area contributed by atoms with E-state index in [0.29, 0.717) is 19.4 Å². The number of methoxy groups -OCH3 is 1. The minimum absolute atomic E-state index is 0.0118. The molecule has 1 N–H and O–H groups in total.